The molecule has 1 aliphatic rings. The lowest BCUT2D eigenvalue weighted by Gasteiger charge is -2.39. The van der Waals surface area contributed by atoms with Gasteiger partial charge in [-0.3, -0.25) is 0 Å². The standard InChI is InChI=1S/C13H20N2OS/c1-9-10(2)17-7-6-15(9)13-8-11(16-3)4-5-12(13)14/h4-5,8-10H,6-7,14H2,1-3H3. The molecule has 94 valence electrons. The lowest BCUT2D eigenvalue weighted by atomic mass is 10.1. The monoisotopic (exact) mass is 252 g/mol. The quantitative estimate of drug-likeness (QED) is 0.821. The second kappa shape index (κ2) is 5.08. The number of methoxy groups -OCH3 is 1. The van der Waals surface area contributed by atoms with Crippen LogP contribution >= 0.6 is 11.8 Å². The molecule has 0 aromatic heterocycles. The third-order valence-electron chi connectivity index (χ3n) is 3.43. The minimum absolute atomic E-state index is 0.503. The number of anilines is 2. The summed E-state index contributed by atoms with van der Waals surface area (Å²) in [5.74, 6) is 2.02. The highest BCUT2D eigenvalue weighted by molar-refractivity contribution is 8.00. The van der Waals surface area contributed by atoms with Crippen LogP contribution in [0, 0.1) is 0 Å². The fraction of sp³-hybridized carbons (Fsp3) is 0.538. The number of rotatable bonds is 2. The number of hydrogen-bond acceptors (Lipinski definition) is 4. The van der Waals surface area contributed by atoms with Crippen molar-refractivity contribution in [3.05, 3.63) is 18.2 Å². The smallest absolute Gasteiger partial charge is 0.121 e. The molecule has 1 saturated heterocycles. The van der Waals surface area contributed by atoms with E-state index in [-0.39, 0.29) is 0 Å². The van der Waals surface area contributed by atoms with Crippen LogP contribution in [0.2, 0.25) is 0 Å². The van der Waals surface area contributed by atoms with Crippen molar-refractivity contribution in [3.8, 4) is 5.75 Å². The molecule has 0 amide bonds. The zero-order valence-electron chi connectivity index (χ0n) is 10.6. The number of nitrogen functional groups attached to an aromatic ring is 1. The van der Waals surface area contributed by atoms with Crippen LogP contribution in [-0.4, -0.2) is 30.7 Å². The van der Waals surface area contributed by atoms with Crippen LogP contribution in [0.1, 0.15) is 13.8 Å². The van der Waals surface area contributed by atoms with E-state index in [2.05, 4.69) is 18.7 Å². The van der Waals surface area contributed by atoms with Crippen LogP contribution in [0.15, 0.2) is 18.2 Å². The van der Waals surface area contributed by atoms with Crippen LogP contribution < -0.4 is 15.4 Å². The Morgan fingerprint density at radius 2 is 2.18 bits per heavy atom. The molecule has 2 atom stereocenters. The Balaban J connectivity index is 2.31. The van der Waals surface area contributed by atoms with Crippen molar-refractivity contribution in [1.29, 1.82) is 0 Å². The van der Waals surface area contributed by atoms with Crippen LogP contribution in [0.5, 0.6) is 5.75 Å². The Morgan fingerprint density at radius 1 is 1.41 bits per heavy atom. The van der Waals surface area contributed by atoms with E-state index in [1.165, 1.54) is 0 Å². The van der Waals surface area contributed by atoms with Crippen molar-refractivity contribution in [2.45, 2.75) is 25.1 Å². The molecule has 1 aliphatic heterocycles. The highest BCUT2D eigenvalue weighted by Gasteiger charge is 2.26. The molecule has 0 aliphatic carbocycles. The maximum Gasteiger partial charge on any atom is 0.121 e. The van der Waals surface area contributed by atoms with Crippen LogP contribution in [0.3, 0.4) is 0 Å². The molecule has 1 fully saturated rings. The van der Waals surface area contributed by atoms with E-state index in [0.29, 0.717) is 11.3 Å². The molecule has 2 unspecified atom stereocenters. The molecule has 2 rings (SSSR count). The summed E-state index contributed by atoms with van der Waals surface area (Å²) < 4.78 is 5.28. The van der Waals surface area contributed by atoms with Crippen LogP contribution in [-0.2, 0) is 0 Å². The first kappa shape index (κ1) is 12.4. The van der Waals surface area contributed by atoms with E-state index >= 15 is 0 Å². The van der Waals surface area contributed by atoms with Gasteiger partial charge in [-0.25, -0.2) is 0 Å². The number of nitrogens with two attached hydrogens (primary N) is 1. The van der Waals surface area contributed by atoms with Gasteiger partial charge in [0.25, 0.3) is 0 Å². The summed E-state index contributed by atoms with van der Waals surface area (Å²) in [5, 5.41) is 0.634. The van der Waals surface area contributed by atoms with Gasteiger partial charge in [-0.05, 0) is 19.1 Å². The summed E-state index contributed by atoms with van der Waals surface area (Å²) in [6.45, 7) is 5.58. The summed E-state index contributed by atoms with van der Waals surface area (Å²) in [5.41, 5.74) is 8.01. The molecule has 0 saturated carbocycles. The molecule has 4 heteroatoms. The van der Waals surface area contributed by atoms with Crippen molar-refractivity contribution < 1.29 is 4.74 Å². The van der Waals surface area contributed by atoms with E-state index in [1.807, 2.05) is 30.0 Å². The highest BCUT2D eigenvalue weighted by atomic mass is 32.2. The minimum atomic E-state index is 0.503. The van der Waals surface area contributed by atoms with Gasteiger partial charge < -0.3 is 15.4 Å². The lowest BCUT2D eigenvalue weighted by molar-refractivity contribution is 0.414. The van der Waals surface area contributed by atoms with E-state index < -0.39 is 0 Å². The fourth-order valence-corrected chi connectivity index (χ4v) is 3.27. The van der Waals surface area contributed by atoms with Crippen LogP contribution in [0.4, 0.5) is 11.4 Å². The molecule has 1 aromatic carbocycles. The molecule has 0 bridgehead atoms. The third kappa shape index (κ3) is 2.46. The number of ether oxygens (including phenoxy) is 1. The number of nitrogens with zero attached hydrogens (tertiary/aromatic N) is 1. The zero-order valence-corrected chi connectivity index (χ0v) is 11.5. The molecule has 0 spiro atoms. The highest BCUT2D eigenvalue weighted by Crippen LogP contribution is 2.34. The Morgan fingerprint density at radius 3 is 2.88 bits per heavy atom. The van der Waals surface area contributed by atoms with Gasteiger partial charge in [0.05, 0.1) is 18.5 Å². The van der Waals surface area contributed by atoms with Gasteiger partial charge in [-0.15, -0.1) is 0 Å². The van der Waals surface area contributed by atoms with Crippen molar-refractivity contribution >= 4 is 23.1 Å². The maximum absolute atomic E-state index is 6.08. The summed E-state index contributed by atoms with van der Waals surface area (Å²) in [7, 11) is 1.69. The van der Waals surface area contributed by atoms with Gasteiger partial charge in [-0.2, -0.15) is 11.8 Å². The molecular weight excluding hydrogens is 232 g/mol. The van der Waals surface area contributed by atoms with Crippen LogP contribution in [0.25, 0.3) is 0 Å². The predicted molar refractivity (Wildman–Crippen MR) is 76.1 cm³/mol. The van der Waals surface area contributed by atoms with Gasteiger partial charge in [0.1, 0.15) is 5.75 Å². The van der Waals surface area contributed by atoms with E-state index in [4.69, 9.17) is 10.5 Å². The molecule has 1 aromatic rings. The van der Waals surface area contributed by atoms with Crippen molar-refractivity contribution in [1.82, 2.24) is 0 Å². The van der Waals surface area contributed by atoms with Gasteiger partial charge in [0.15, 0.2) is 0 Å². The first-order chi connectivity index (χ1) is 8.13. The number of thioether (sulfide) groups is 1. The fourth-order valence-electron chi connectivity index (χ4n) is 2.17. The van der Waals surface area contributed by atoms with E-state index in [1.54, 1.807) is 7.11 Å². The first-order valence-electron chi connectivity index (χ1n) is 5.95. The predicted octanol–water partition coefficient (Wildman–Crippen LogP) is 2.61. The molecule has 2 N–H and O–H groups in total. The third-order valence-corrected chi connectivity index (χ3v) is 4.77. The number of hydrogen-bond donors (Lipinski definition) is 1. The molecular formula is C13H20N2OS. The Labute approximate surface area is 107 Å². The second-order valence-electron chi connectivity index (χ2n) is 4.43. The Hall–Kier alpha value is -1.03. The van der Waals surface area contributed by atoms with Gasteiger partial charge in [-0.1, -0.05) is 6.92 Å². The normalized spacial score (nSPS) is 24.8. The largest absolute Gasteiger partial charge is 0.497 e. The summed E-state index contributed by atoms with van der Waals surface area (Å²) in [6, 6.07) is 6.37. The average Bonchev–Trinajstić information content (AvgIpc) is 2.34. The Kier molecular flexibility index (Phi) is 3.72. The molecule has 0 radical (unpaired) electrons. The molecule has 1 heterocycles. The summed E-state index contributed by atoms with van der Waals surface area (Å²) in [4.78, 5) is 2.39. The van der Waals surface area contributed by atoms with Gasteiger partial charge in [0, 0.05) is 29.7 Å². The van der Waals surface area contributed by atoms with Gasteiger partial charge >= 0.3 is 0 Å². The number of benzene rings is 1. The lowest BCUT2D eigenvalue weighted by Crippen LogP contribution is -2.45. The topological polar surface area (TPSA) is 38.5 Å². The molecule has 17 heavy (non-hydrogen) atoms. The zero-order chi connectivity index (χ0) is 12.4. The molecule has 3 nitrogen and oxygen atoms in total. The maximum atomic E-state index is 6.08. The van der Waals surface area contributed by atoms with E-state index in [0.717, 1.165) is 29.4 Å². The summed E-state index contributed by atoms with van der Waals surface area (Å²) in [6.07, 6.45) is 0. The van der Waals surface area contributed by atoms with Crippen molar-refractivity contribution in [2.24, 2.45) is 0 Å². The van der Waals surface area contributed by atoms with Crippen molar-refractivity contribution in [3.63, 3.8) is 0 Å². The Bertz CT molecular complexity index is 397. The first-order valence-corrected chi connectivity index (χ1v) is 7.00. The van der Waals surface area contributed by atoms with E-state index in [9.17, 15) is 0 Å². The summed E-state index contributed by atoms with van der Waals surface area (Å²) >= 11 is 2.03. The minimum Gasteiger partial charge on any atom is -0.497 e. The average molecular weight is 252 g/mol. The van der Waals surface area contributed by atoms with Crippen molar-refractivity contribution in [2.75, 3.05) is 30.0 Å². The van der Waals surface area contributed by atoms with Gasteiger partial charge in [0.2, 0.25) is 0 Å². The SMILES string of the molecule is COc1ccc(N)c(N2CCSC(C)C2C)c1. The second-order valence-corrected chi connectivity index (χ2v) is 5.92.